The van der Waals surface area contributed by atoms with Gasteiger partial charge < -0.3 is 5.11 Å². The molecule has 0 aromatic heterocycles. The number of rotatable bonds is 1. The third-order valence-corrected chi connectivity index (χ3v) is 7.88. The largest absolute Gasteiger partial charge is 0.508 e. The van der Waals surface area contributed by atoms with Gasteiger partial charge in [-0.15, -0.1) is 0 Å². The van der Waals surface area contributed by atoms with Crippen molar-refractivity contribution in [2.24, 2.45) is 23.2 Å². The Labute approximate surface area is 154 Å². The topological polar surface area (TPSA) is 20.2 Å². The van der Waals surface area contributed by atoms with E-state index in [0.29, 0.717) is 17.1 Å². The van der Waals surface area contributed by atoms with Crippen LogP contribution in [-0.2, 0) is 6.42 Å². The Bertz CT molecular complexity index is 691. The van der Waals surface area contributed by atoms with Crippen LogP contribution in [0.3, 0.4) is 0 Å². The lowest BCUT2D eigenvalue weighted by molar-refractivity contribution is 0.0489. The van der Waals surface area contributed by atoms with Crippen molar-refractivity contribution in [3.05, 3.63) is 40.5 Å². The zero-order chi connectivity index (χ0) is 17.1. The highest BCUT2D eigenvalue weighted by molar-refractivity contribution is 9.09. The highest BCUT2D eigenvalue weighted by atomic mass is 79.9. The molecule has 1 nitrogen and oxygen atoms in total. The van der Waals surface area contributed by atoms with Gasteiger partial charge in [0.25, 0.3) is 0 Å². The first-order chi connectivity index (χ1) is 11.5. The van der Waals surface area contributed by atoms with Gasteiger partial charge in [-0.2, -0.15) is 0 Å². The zero-order valence-corrected chi connectivity index (χ0v) is 16.7. The van der Waals surface area contributed by atoms with Crippen LogP contribution < -0.4 is 0 Å². The first-order valence-corrected chi connectivity index (χ1v) is 10.7. The molecule has 24 heavy (non-hydrogen) atoms. The Kier molecular flexibility index (Phi) is 4.10. The first kappa shape index (κ1) is 16.7. The summed E-state index contributed by atoms with van der Waals surface area (Å²) in [5, 5.41) is 11.1. The third kappa shape index (κ3) is 2.32. The molecule has 0 bridgehead atoms. The second kappa shape index (κ2) is 5.90. The van der Waals surface area contributed by atoms with E-state index in [-0.39, 0.29) is 0 Å². The van der Waals surface area contributed by atoms with Crippen LogP contribution in [0.1, 0.15) is 62.1 Å². The second-order valence-electron chi connectivity index (χ2n) is 8.69. The molecule has 5 atom stereocenters. The minimum Gasteiger partial charge on any atom is -0.508 e. The van der Waals surface area contributed by atoms with Crippen LogP contribution in [-0.4, -0.2) is 10.4 Å². The van der Waals surface area contributed by atoms with Gasteiger partial charge in [-0.1, -0.05) is 47.5 Å². The van der Waals surface area contributed by atoms with Crippen LogP contribution in [0.5, 0.6) is 5.75 Å². The van der Waals surface area contributed by atoms with Crippen LogP contribution in [0.15, 0.2) is 23.8 Å². The molecule has 0 spiro atoms. The van der Waals surface area contributed by atoms with E-state index in [0.717, 1.165) is 35.1 Å². The van der Waals surface area contributed by atoms with Gasteiger partial charge in [0, 0.05) is 5.33 Å². The van der Waals surface area contributed by atoms with E-state index in [2.05, 4.69) is 48.0 Å². The summed E-state index contributed by atoms with van der Waals surface area (Å²) in [5.41, 5.74) is 6.13. The highest BCUT2D eigenvalue weighted by Crippen LogP contribution is 2.64. The summed E-state index contributed by atoms with van der Waals surface area (Å²) >= 11 is 3.62. The lowest BCUT2D eigenvalue weighted by atomic mass is 9.52. The minimum atomic E-state index is 0.423. The summed E-state index contributed by atoms with van der Waals surface area (Å²) in [6, 6.07) is 4.34. The van der Waals surface area contributed by atoms with Crippen LogP contribution >= 0.6 is 15.9 Å². The molecule has 2 saturated carbocycles. The summed E-state index contributed by atoms with van der Waals surface area (Å²) in [6.45, 7) is 7.04. The van der Waals surface area contributed by atoms with Crippen molar-refractivity contribution in [1.29, 1.82) is 0 Å². The molecule has 1 aromatic rings. The Balaban J connectivity index is 1.75. The number of fused-ring (bicyclic) bond motifs is 5. The predicted octanol–water partition coefficient (Wildman–Crippen LogP) is 6.12. The van der Waals surface area contributed by atoms with Crippen LogP contribution in [0.25, 0.3) is 0 Å². The van der Waals surface area contributed by atoms with Crippen molar-refractivity contribution in [2.75, 3.05) is 5.33 Å². The van der Waals surface area contributed by atoms with Gasteiger partial charge >= 0.3 is 0 Å². The molecule has 4 rings (SSSR count). The normalized spacial score (nSPS) is 39.4. The van der Waals surface area contributed by atoms with E-state index in [1.807, 2.05) is 6.92 Å². The van der Waals surface area contributed by atoms with Crippen molar-refractivity contribution in [3.8, 4) is 5.75 Å². The lowest BCUT2D eigenvalue weighted by Crippen LogP contribution is -2.43. The van der Waals surface area contributed by atoms with E-state index in [9.17, 15) is 5.11 Å². The molecule has 0 amide bonds. The summed E-state index contributed by atoms with van der Waals surface area (Å²) in [7, 11) is 0. The minimum absolute atomic E-state index is 0.423. The molecule has 0 heterocycles. The SMILES string of the molecule is Cc1cc2c(cc1O)C[C@@H](C)C1C2CCC2(C)/C(=C/CBr)CCC12. The Morgan fingerprint density at radius 2 is 2.12 bits per heavy atom. The maximum absolute atomic E-state index is 10.1. The van der Waals surface area contributed by atoms with Crippen molar-refractivity contribution in [3.63, 3.8) is 0 Å². The number of phenols is 1. The fraction of sp³-hybridized carbons (Fsp3) is 0.636. The van der Waals surface area contributed by atoms with Gasteiger partial charge in [-0.05, 0) is 90.9 Å². The molecule has 3 aliphatic rings. The van der Waals surface area contributed by atoms with Crippen LogP contribution in [0, 0.1) is 30.1 Å². The molecule has 0 aliphatic heterocycles. The average Bonchev–Trinajstić information content (AvgIpc) is 2.86. The Morgan fingerprint density at radius 1 is 1.33 bits per heavy atom. The number of aromatic hydroxyl groups is 1. The number of allylic oxidation sites excluding steroid dienone is 2. The van der Waals surface area contributed by atoms with Gasteiger partial charge in [0.05, 0.1) is 0 Å². The molecule has 1 aromatic carbocycles. The summed E-state index contributed by atoms with van der Waals surface area (Å²) in [6.07, 6.45) is 8.87. The van der Waals surface area contributed by atoms with Crippen molar-refractivity contribution >= 4 is 15.9 Å². The van der Waals surface area contributed by atoms with Gasteiger partial charge in [0.15, 0.2) is 0 Å². The van der Waals surface area contributed by atoms with Crippen molar-refractivity contribution in [2.45, 2.75) is 58.8 Å². The molecule has 0 saturated heterocycles. The number of hydrogen-bond acceptors (Lipinski definition) is 1. The van der Waals surface area contributed by atoms with E-state index >= 15 is 0 Å². The molecule has 2 heteroatoms. The standard InChI is InChI=1S/C22H29BrO/c1-13-11-18-15(12-20(13)24)10-14(2)21-17(18)6-8-22(3)16(7-9-23)4-5-19(21)22/h7,11-12,14,17,19,21,24H,4-6,8-10H2,1-3H3/b16-7+/t14-,17?,19?,21?,22?/m1/s1. The number of alkyl halides is 1. The molecular formula is C22H29BrO. The van der Waals surface area contributed by atoms with Gasteiger partial charge in [0.2, 0.25) is 0 Å². The number of benzene rings is 1. The molecule has 3 aliphatic carbocycles. The summed E-state index contributed by atoms with van der Waals surface area (Å²) < 4.78 is 0. The summed E-state index contributed by atoms with van der Waals surface area (Å²) in [5.74, 6) is 3.53. The van der Waals surface area contributed by atoms with Gasteiger partial charge in [-0.3, -0.25) is 0 Å². The molecule has 2 fully saturated rings. The van der Waals surface area contributed by atoms with Crippen molar-refractivity contribution in [1.82, 2.24) is 0 Å². The van der Waals surface area contributed by atoms with E-state index < -0.39 is 0 Å². The molecular weight excluding hydrogens is 360 g/mol. The number of phenolic OH excluding ortho intramolecular Hbond substituents is 1. The molecule has 130 valence electrons. The van der Waals surface area contributed by atoms with Gasteiger partial charge in [-0.25, -0.2) is 0 Å². The van der Waals surface area contributed by atoms with Crippen LogP contribution in [0.4, 0.5) is 0 Å². The fourth-order valence-electron chi connectivity index (χ4n) is 6.40. The maximum Gasteiger partial charge on any atom is 0.118 e. The fourth-order valence-corrected chi connectivity index (χ4v) is 6.79. The zero-order valence-electron chi connectivity index (χ0n) is 15.1. The average molecular weight is 389 g/mol. The molecule has 1 N–H and O–H groups in total. The number of halogens is 1. The monoisotopic (exact) mass is 388 g/mol. The maximum atomic E-state index is 10.1. The lowest BCUT2D eigenvalue weighted by Gasteiger charge is -2.52. The smallest absolute Gasteiger partial charge is 0.118 e. The van der Waals surface area contributed by atoms with Gasteiger partial charge in [0.1, 0.15) is 5.75 Å². The Hall–Kier alpha value is -0.760. The number of aryl methyl sites for hydroxylation is 1. The van der Waals surface area contributed by atoms with E-state index in [1.54, 1.807) is 11.1 Å². The Morgan fingerprint density at radius 3 is 2.88 bits per heavy atom. The predicted molar refractivity (Wildman–Crippen MR) is 104 cm³/mol. The highest BCUT2D eigenvalue weighted by Gasteiger charge is 2.54. The quantitative estimate of drug-likeness (QED) is 0.453. The molecule has 4 unspecified atom stereocenters. The number of hydrogen-bond donors (Lipinski definition) is 1. The van der Waals surface area contributed by atoms with E-state index in [4.69, 9.17) is 0 Å². The molecule has 0 radical (unpaired) electrons. The third-order valence-electron chi connectivity index (χ3n) is 7.56. The van der Waals surface area contributed by atoms with Crippen LogP contribution in [0.2, 0.25) is 0 Å². The first-order valence-electron chi connectivity index (χ1n) is 9.53. The van der Waals surface area contributed by atoms with E-state index in [1.165, 1.54) is 31.2 Å². The second-order valence-corrected chi connectivity index (χ2v) is 9.34. The summed E-state index contributed by atoms with van der Waals surface area (Å²) in [4.78, 5) is 0. The van der Waals surface area contributed by atoms with Crippen molar-refractivity contribution < 1.29 is 5.11 Å².